The summed E-state index contributed by atoms with van der Waals surface area (Å²) in [5.41, 5.74) is 1.45. The second kappa shape index (κ2) is 7.97. The zero-order chi connectivity index (χ0) is 20.2. The summed E-state index contributed by atoms with van der Waals surface area (Å²) >= 11 is 0. The number of benzene rings is 2. The second-order valence-electron chi connectivity index (χ2n) is 6.36. The number of halogens is 1. The van der Waals surface area contributed by atoms with E-state index in [2.05, 4.69) is 10.4 Å². The number of pyridine rings is 1. The summed E-state index contributed by atoms with van der Waals surface area (Å²) in [5, 5.41) is 6.87. The van der Waals surface area contributed by atoms with Gasteiger partial charge in [-0.15, -0.1) is 5.10 Å². The maximum absolute atomic E-state index is 13.0. The highest BCUT2D eigenvalue weighted by molar-refractivity contribution is 5.90. The van der Waals surface area contributed by atoms with E-state index in [1.807, 2.05) is 0 Å². The van der Waals surface area contributed by atoms with E-state index in [1.165, 1.54) is 16.5 Å². The molecule has 0 aliphatic heterocycles. The minimum Gasteiger partial charge on any atom is -0.489 e. The van der Waals surface area contributed by atoms with Gasteiger partial charge in [-0.25, -0.2) is 13.9 Å². The third kappa shape index (κ3) is 4.32. The monoisotopic (exact) mass is 392 g/mol. The maximum Gasteiger partial charge on any atom is 0.350 e. The number of fused-ring (bicyclic) bond motifs is 1. The summed E-state index contributed by atoms with van der Waals surface area (Å²) in [7, 11) is 0. The molecule has 1 amide bonds. The van der Waals surface area contributed by atoms with Gasteiger partial charge in [-0.1, -0.05) is 24.3 Å². The fourth-order valence-electron chi connectivity index (χ4n) is 2.82. The molecule has 0 atom stereocenters. The van der Waals surface area contributed by atoms with Crippen molar-refractivity contribution in [1.29, 1.82) is 0 Å². The van der Waals surface area contributed by atoms with Gasteiger partial charge >= 0.3 is 5.69 Å². The van der Waals surface area contributed by atoms with Crippen LogP contribution in [0.15, 0.2) is 77.7 Å². The zero-order valence-corrected chi connectivity index (χ0v) is 15.3. The van der Waals surface area contributed by atoms with E-state index >= 15 is 0 Å². The van der Waals surface area contributed by atoms with Crippen molar-refractivity contribution in [1.82, 2.24) is 14.2 Å². The molecule has 0 spiro atoms. The molecule has 0 saturated carbocycles. The molecule has 0 fully saturated rings. The number of anilines is 1. The van der Waals surface area contributed by atoms with Crippen LogP contribution in [0.3, 0.4) is 0 Å². The number of carbonyl (C=O) groups is 1. The largest absolute Gasteiger partial charge is 0.489 e. The first kappa shape index (κ1) is 18.4. The molecule has 2 aromatic carbocycles. The fourth-order valence-corrected chi connectivity index (χ4v) is 2.82. The Morgan fingerprint density at radius 1 is 1.07 bits per heavy atom. The quantitative estimate of drug-likeness (QED) is 0.547. The molecule has 146 valence electrons. The summed E-state index contributed by atoms with van der Waals surface area (Å²) in [6.07, 6.45) is 1.60. The molecule has 0 aliphatic rings. The van der Waals surface area contributed by atoms with Gasteiger partial charge in [0.1, 0.15) is 24.7 Å². The Labute approximate surface area is 165 Å². The lowest BCUT2D eigenvalue weighted by molar-refractivity contribution is -0.117. The average molecular weight is 392 g/mol. The van der Waals surface area contributed by atoms with Crippen LogP contribution in [0.4, 0.5) is 10.1 Å². The van der Waals surface area contributed by atoms with Crippen LogP contribution in [-0.2, 0) is 17.9 Å². The van der Waals surface area contributed by atoms with Crippen molar-refractivity contribution in [2.75, 3.05) is 5.32 Å². The van der Waals surface area contributed by atoms with Crippen molar-refractivity contribution in [2.45, 2.75) is 13.2 Å². The maximum atomic E-state index is 13.0. The minimum atomic E-state index is -0.383. The number of nitrogens with zero attached hydrogens (tertiary/aromatic N) is 3. The Kier molecular flexibility index (Phi) is 5.07. The Hall–Kier alpha value is -3.94. The van der Waals surface area contributed by atoms with Crippen LogP contribution < -0.4 is 15.7 Å². The van der Waals surface area contributed by atoms with Gasteiger partial charge in [0, 0.05) is 18.0 Å². The lowest BCUT2D eigenvalue weighted by Crippen LogP contribution is -2.28. The first-order valence-electron chi connectivity index (χ1n) is 8.90. The minimum absolute atomic E-state index is 0.207. The second-order valence-corrected chi connectivity index (χ2v) is 6.36. The number of amides is 1. The van der Waals surface area contributed by atoms with Gasteiger partial charge < -0.3 is 10.1 Å². The number of ether oxygens (including phenoxy) is 1. The summed E-state index contributed by atoms with van der Waals surface area (Å²) < 4.78 is 21.1. The van der Waals surface area contributed by atoms with Gasteiger partial charge in [-0.3, -0.25) is 9.20 Å². The molecule has 1 N–H and O–H groups in total. The first-order valence-corrected chi connectivity index (χ1v) is 8.90. The highest BCUT2D eigenvalue weighted by atomic mass is 19.1. The summed E-state index contributed by atoms with van der Waals surface area (Å²) in [6, 6.07) is 18.1. The van der Waals surface area contributed by atoms with Gasteiger partial charge in [0.2, 0.25) is 5.91 Å². The summed E-state index contributed by atoms with van der Waals surface area (Å²) in [4.78, 5) is 24.6. The average Bonchev–Trinajstić information content (AvgIpc) is 3.03. The SMILES string of the molecule is O=C(Cn1nc2ccccn2c1=O)Nc1cccc(OCc2ccc(F)cc2)c1. The molecule has 2 heterocycles. The van der Waals surface area contributed by atoms with E-state index in [-0.39, 0.29) is 30.6 Å². The smallest absolute Gasteiger partial charge is 0.350 e. The molecule has 0 bridgehead atoms. The molecule has 7 nitrogen and oxygen atoms in total. The highest BCUT2D eigenvalue weighted by Crippen LogP contribution is 2.19. The summed E-state index contributed by atoms with van der Waals surface area (Å²) in [6.45, 7) is 0.0650. The van der Waals surface area contributed by atoms with Gasteiger partial charge in [0.25, 0.3) is 0 Å². The molecule has 8 heteroatoms. The standard InChI is InChI=1S/C21H17FN4O3/c22-16-9-7-15(8-10-16)14-29-18-5-3-4-17(12-18)23-20(27)13-26-21(28)25-11-2-1-6-19(25)24-26/h1-12H,13-14H2,(H,23,27). The predicted molar refractivity (Wildman–Crippen MR) is 105 cm³/mol. The van der Waals surface area contributed by atoms with Crippen LogP contribution in [0, 0.1) is 5.82 Å². The molecule has 0 saturated heterocycles. The number of hydrogen-bond donors (Lipinski definition) is 1. The molecule has 2 aromatic heterocycles. The molecule has 0 radical (unpaired) electrons. The normalized spacial score (nSPS) is 10.8. The van der Waals surface area contributed by atoms with E-state index in [0.717, 1.165) is 10.2 Å². The van der Waals surface area contributed by atoms with Crippen LogP contribution >= 0.6 is 0 Å². The first-order chi connectivity index (χ1) is 14.1. The van der Waals surface area contributed by atoms with Gasteiger partial charge in [0.15, 0.2) is 5.65 Å². The lowest BCUT2D eigenvalue weighted by atomic mass is 10.2. The lowest BCUT2D eigenvalue weighted by Gasteiger charge is -2.09. The highest BCUT2D eigenvalue weighted by Gasteiger charge is 2.11. The molecular weight excluding hydrogens is 375 g/mol. The fraction of sp³-hybridized carbons (Fsp3) is 0.0952. The number of hydrogen-bond acceptors (Lipinski definition) is 4. The third-order valence-electron chi connectivity index (χ3n) is 4.22. The van der Waals surface area contributed by atoms with Crippen molar-refractivity contribution in [3.05, 3.63) is 94.8 Å². The van der Waals surface area contributed by atoms with Crippen molar-refractivity contribution >= 4 is 17.2 Å². The topological polar surface area (TPSA) is 77.6 Å². The van der Waals surface area contributed by atoms with Gasteiger partial charge in [-0.2, -0.15) is 0 Å². The molecule has 4 rings (SSSR count). The van der Waals surface area contributed by atoms with Crippen LogP contribution in [-0.4, -0.2) is 20.1 Å². The molecule has 0 unspecified atom stereocenters. The Balaban J connectivity index is 1.40. The Bertz CT molecular complexity index is 1210. The molecule has 4 aromatic rings. The van der Waals surface area contributed by atoms with Gasteiger partial charge in [0.05, 0.1) is 0 Å². The van der Waals surface area contributed by atoms with Crippen molar-refractivity contribution < 1.29 is 13.9 Å². The van der Waals surface area contributed by atoms with Crippen LogP contribution in [0.5, 0.6) is 5.75 Å². The van der Waals surface area contributed by atoms with Crippen LogP contribution in [0.2, 0.25) is 0 Å². The van der Waals surface area contributed by atoms with Crippen LogP contribution in [0.25, 0.3) is 5.65 Å². The van der Waals surface area contributed by atoms with E-state index in [1.54, 1.807) is 60.8 Å². The van der Waals surface area contributed by atoms with Crippen molar-refractivity contribution in [2.24, 2.45) is 0 Å². The number of rotatable bonds is 6. The number of aromatic nitrogens is 3. The van der Waals surface area contributed by atoms with Crippen molar-refractivity contribution in [3.8, 4) is 5.75 Å². The van der Waals surface area contributed by atoms with E-state index in [0.29, 0.717) is 17.1 Å². The third-order valence-corrected chi connectivity index (χ3v) is 4.22. The number of carbonyl (C=O) groups excluding carboxylic acids is 1. The Morgan fingerprint density at radius 3 is 2.69 bits per heavy atom. The Morgan fingerprint density at radius 2 is 1.90 bits per heavy atom. The molecular formula is C21H17FN4O3. The molecule has 0 aliphatic carbocycles. The van der Waals surface area contributed by atoms with Crippen molar-refractivity contribution in [3.63, 3.8) is 0 Å². The predicted octanol–water partition coefficient (Wildman–Crippen LogP) is 2.85. The molecule has 29 heavy (non-hydrogen) atoms. The van der Waals surface area contributed by atoms with Crippen LogP contribution in [0.1, 0.15) is 5.56 Å². The zero-order valence-electron chi connectivity index (χ0n) is 15.3. The summed E-state index contributed by atoms with van der Waals surface area (Å²) in [5.74, 6) is -0.133. The van der Waals surface area contributed by atoms with Gasteiger partial charge in [-0.05, 0) is 42.0 Å². The van der Waals surface area contributed by atoms with E-state index in [4.69, 9.17) is 4.74 Å². The van der Waals surface area contributed by atoms with E-state index in [9.17, 15) is 14.0 Å². The van der Waals surface area contributed by atoms with E-state index < -0.39 is 0 Å². The number of nitrogens with one attached hydrogen (secondary N) is 1.